The molecule has 0 bridgehead atoms. The van der Waals surface area contributed by atoms with Crippen molar-refractivity contribution in [3.05, 3.63) is 126 Å². The number of hydrogen-bond donors (Lipinski definition) is 1. The minimum Gasteiger partial charge on any atom is -0.497 e. The lowest BCUT2D eigenvalue weighted by Gasteiger charge is -2.34. The monoisotopic (exact) mass is 653 g/mol. The van der Waals surface area contributed by atoms with E-state index in [4.69, 9.17) is 4.74 Å². The van der Waals surface area contributed by atoms with Gasteiger partial charge in [-0.05, 0) is 72.4 Å². The van der Waals surface area contributed by atoms with E-state index in [0.29, 0.717) is 11.4 Å². The second kappa shape index (κ2) is 15.8. The van der Waals surface area contributed by atoms with Gasteiger partial charge in [0, 0.05) is 19.0 Å². The van der Waals surface area contributed by atoms with Crippen molar-refractivity contribution >= 4 is 27.5 Å². The summed E-state index contributed by atoms with van der Waals surface area (Å²) in [6.07, 6.45) is 4.94. The van der Waals surface area contributed by atoms with E-state index >= 15 is 0 Å². The summed E-state index contributed by atoms with van der Waals surface area (Å²) in [6.45, 7) is 1.62. The first-order valence-corrected chi connectivity index (χ1v) is 17.7. The van der Waals surface area contributed by atoms with Crippen LogP contribution < -0.4 is 14.4 Å². The van der Waals surface area contributed by atoms with Crippen molar-refractivity contribution in [2.24, 2.45) is 0 Å². The minimum absolute atomic E-state index is 0.0431. The van der Waals surface area contributed by atoms with Crippen molar-refractivity contribution in [3.8, 4) is 5.75 Å². The molecule has 1 atom stereocenters. The van der Waals surface area contributed by atoms with Gasteiger partial charge in [0.1, 0.15) is 18.3 Å². The molecular weight excluding hydrogens is 611 g/mol. The van der Waals surface area contributed by atoms with E-state index in [9.17, 15) is 18.0 Å². The second-order valence-corrected chi connectivity index (χ2v) is 13.8. The molecule has 0 spiro atoms. The van der Waals surface area contributed by atoms with Gasteiger partial charge in [-0.2, -0.15) is 0 Å². The summed E-state index contributed by atoms with van der Waals surface area (Å²) in [4.78, 5) is 30.4. The fourth-order valence-corrected chi connectivity index (χ4v) is 7.47. The molecule has 5 rings (SSSR count). The van der Waals surface area contributed by atoms with Crippen LogP contribution in [0.4, 0.5) is 5.69 Å². The molecule has 0 saturated heterocycles. The first-order chi connectivity index (χ1) is 22.8. The summed E-state index contributed by atoms with van der Waals surface area (Å²) in [6, 6.07) is 31.4. The standard InChI is InChI=1S/C38H43N3O5S/c1-3-29-21-23-33(24-22-29)41(47(44,45)35-19-8-5-9-20-35)28-37(42)40(27-31-15-12-18-34(25-31)46-2)36(26-30-13-6-4-7-14-30)38(43)39-32-16-10-11-17-32/h4-9,12-15,18-25,32,36H,3,10-11,16-17,26-28H2,1-2H3,(H,39,43)/t36-/m1/s1. The lowest BCUT2D eigenvalue weighted by molar-refractivity contribution is -0.140. The molecule has 0 heterocycles. The molecule has 1 saturated carbocycles. The molecule has 0 aliphatic heterocycles. The number of amides is 2. The third-order valence-electron chi connectivity index (χ3n) is 8.70. The lowest BCUT2D eigenvalue weighted by Crippen LogP contribution is -2.54. The van der Waals surface area contributed by atoms with Crippen molar-refractivity contribution in [2.45, 2.75) is 69.0 Å². The molecule has 4 aromatic rings. The van der Waals surface area contributed by atoms with Crippen LogP contribution in [0.5, 0.6) is 5.75 Å². The second-order valence-electron chi connectivity index (χ2n) is 11.9. The predicted molar refractivity (Wildman–Crippen MR) is 185 cm³/mol. The average Bonchev–Trinajstić information content (AvgIpc) is 3.62. The molecule has 2 amide bonds. The molecule has 8 nitrogen and oxygen atoms in total. The molecule has 47 heavy (non-hydrogen) atoms. The van der Waals surface area contributed by atoms with E-state index in [1.807, 2.05) is 73.7 Å². The van der Waals surface area contributed by atoms with Crippen LogP contribution in [0.15, 0.2) is 114 Å². The molecule has 0 aromatic heterocycles. The summed E-state index contributed by atoms with van der Waals surface area (Å²) < 4.78 is 34.9. The van der Waals surface area contributed by atoms with Gasteiger partial charge in [0.05, 0.1) is 17.7 Å². The summed E-state index contributed by atoms with van der Waals surface area (Å²) in [7, 11) is -2.57. The molecule has 4 aromatic carbocycles. The maximum atomic E-state index is 14.7. The SMILES string of the molecule is CCc1ccc(N(CC(=O)N(Cc2cccc(OC)c2)[C@H](Cc2ccccc2)C(=O)NC2CCCC2)S(=O)(=O)c2ccccc2)cc1. The topological polar surface area (TPSA) is 96.0 Å². The maximum absolute atomic E-state index is 14.7. The molecule has 1 aliphatic rings. The highest BCUT2D eigenvalue weighted by atomic mass is 32.2. The Bertz CT molecular complexity index is 1720. The normalized spacial score (nSPS) is 13.9. The van der Waals surface area contributed by atoms with Crippen molar-refractivity contribution in [2.75, 3.05) is 18.0 Å². The van der Waals surface area contributed by atoms with Crippen LogP contribution >= 0.6 is 0 Å². The Hall–Kier alpha value is -4.63. The molecule has 9 heteroatoms. The van der Waals surface area contributed by atoms with E-state index in [1.54, 1.807) is 37.4 Å². The van der Waals surface area contributed by atoms with Crippen LogP contribution in [0.2, 0.25) is 0 Å². The average molecular weight is 654 g/mol. The zero-order valence-electron chi connectivity index (χ0n) is 27.0. The minimum atomic E-state index is -4.14. The van der Waals surface area contributed by atoms with Gasteiger partial charge < -0.3 is 15.0 Å². The maximum Gasteiger partial charge on any atom is 0.264 e. The van der Waals surface area contributed by atoms with Crippen LogP contribution in [0.25, 0.3) is 0 Å². The lowest BCUT2D eigenvalue weighted by atomic mass is 10.0. The number of benzene rings is 4. The van der Waals surface area contributed by atoms with Gasteiger partial charge in [-0.1, -0.05) is 92.6 Å². The Balaban J connectivity index is 1.57. The molecule has 0 unspecified atom stereocenters. The van der Waals surface area contributed by atoms with Crippen LogP contribution in [-0.4, -0.2) is 50.9 Å². The number of carbonyl (C=O) groups is 2. The molecule has 1 N–H and O–H groups in total. The number of sulfonamides is 1. The number of hydrogen-bond acceptors (Lipinski definition) is 5. The van der Waals surface area contributed by atoms with Crippen molar-refractivity contribution in [1.29, 1.82) is 0 Å². The van der Waals surface area contributed by atoms with Gasteiger partial charge in [0.15, 0.2) is 0 Å². The van der Waals surface area contributed by atoms with Gasteiger partial charge in [-0.25, -0.2) is 8.42 Å². The Labute approximate surface area is 278 Å². The number of rotatable bonds is 14. The predicted octanol–water partition coefficient (Wildman–Crippen LogP) is 6.15. The van der Waals surface area contributed by atoms with Gasteiger partial charge in [-0.15, -0.1) is 0 Å². The number of methoxy groups -OCH3 is 1. The number of nitrogens with one attached hydrogen (secondary N) is 1. The largest absolute Gasteiger partial charge is 0.497 e. The van der Waals surface area contributed by atoms with Crippen LogP contribution in [0, 0.1) is 0 Å². The summed E-state index contributed by atoms with van der Waals surface area (Å²) in [5.74, 6) is -0.120. The summed E-state index contributed by atoms with van der Waals surface area (Å²) >= 11 is 0. The van der Waals surface area contributed by atoms with Crippen LogP contribution in [0.1, 0.15) is 49.3 Å². The van der Waals surface area contributed by atoms with E-state index in [2.05, 4.69) is 5.32 Å². The van der Waals surface area contributed by atoms with Crippen LogP contribution in [-0.2, 0) is 39.0 Å². The fraction of sp³-hybridized carbons (Fsp3) is 0.316. The molecule has 0 radical (unpaired) electrons. The number of aryl methyl sites for hydroxylation is 1. The Kier molecular flexibility index (Phi) is 11.3. The molecular formula is C38H43N3O5S. The molecule has 1 aliphatic carbocycles. The third-order valence-corrected chi connectivity index (χ3v) is 10.5. The Morgan fingerprint density at radius 1 is 0.830 bits per heavy atom. The Morgan fingerprint density at radius 3 is 2.11 bits per heavy atom. The van der Waals surface area contributed by atoms with Gasteiger partial charge in [0.25, 0.3) is 10.0 Å². The summed E-state index contributed by atoms with van der Waals surface area (Å²) in [5, 5.41) is 3.21. The fourth-order valence-electron chi connectivity index (χ4n) is 6.04. The van der Waals surface area contributed by atoms with E-state index in [-0.39, 0.29) is 29.8 Å². The number of ether oxygens (including phenoxy) is 1. The zero-order chi connectivity index (χ0) is 33.2. The smallest absolute Gasteiger partial charge is 0.264 e. The van der Waals surface area contributed by atoms with E-state index in [0.717, 1.165) is 53.1 Å². The Morgan fingerprint density at radius 2 is 1.47 bits per heavy atom. The number of anilines is 1. The highest BCUT2D eigenvalue weighted by molar-refractivity contribution is 7.92. The zero-order valence-corrected chi connectivity index (χ0v) is 27.9. The van der Waals surface area contributed by atoms with Gasteiger partial charge in [0.2, 0.25) is 11.8 Å². The first-order valence-electron chi connectivity index (χ1n) is 16.2. The highest BCUT2D eigenvalue weighted by Gasteiger charge is 2.35. The van der Waals surface area contributed by atoms with Gasteiger partial charge >= 0.3 is 0 Å². The van der Waals surface area contributed by atoms with E-state index < -0.39 is 28.5 Å². The van der Waals surface area contributed by atoms with Crippen LogP contribution in [0.3, 0.4) is 0 Å². The van der Waals surface area contributed by atoms with Crippen molar-refractivity contribution in [1.82, 2.24) is 10.2 Å². The number of nitrogens with zero attached hydrogens (tertiary/aromatic N) is 2. The van der Waals surface area contributed by atoms with Gasteiger partial charge in [-0.3, -0.25) is 13.9 Å². The highest BCUT2D eigenvalue weighted by Crippen LogP contribution is 2.26. The molecule has 246 valence electrons. The third kappa shape index (κ3) is 8.60. The first kappa shape index (κ1) is 33.7. The van der Waals surface area contributed by atoms with Crippen molar-refractivity contribution in [3.63, 3.8) is 0 Å². The molecule has 1 fully saturated rings. The quantitative estimate of drug-likeness (QED) is 0.176. The van der Waals surface area contributed by atoms with Crippen molar-refractivity contribution < 1.29 is 22.7 Å². The van der Waals surface area contributed by atoms with E-state index in [1.165, 1.54) is 17.0 Å². The summed E-state index contributed by atoms with van der Waals surface area (Å²) in [5.41, 5.74) is 3.07. The number of carbonyl (C=O) groups excluding carboxylic acids is 2.